The van der Waals surface area contributed by atoms with Gasteiger partial charge < -0.3 is 4.90 Å². The quantitative estimate of drug-likeness (QED) is 0.764. The summed E-state index contributed by atoms with van der Waals surface area (Å²) in [4.78, 5) is 13.8. The van der Waals surface area contributed by atoms with Gasteiger partial charge in [0, 0.05) is 22.2 Å². The number of rotatable bonds is 5. The maximum Gasteiger partial charge on any atom is 0.253 e. The van der Waals surface area contributed by atoms with Gasteiger partial charge in [0.1, 0.15) is 0 Å². The van der Waals surface area contributed by atoms with Crippen molar-refractivity contribution in [2.75, 3.05) is 13.1 Å². The Morgan fingerprint density at radius 1 is 1.22 bits per heavy atom. The molecule has 0 bridgehead atoms. The van der Waals surface area contributed by atoms with E-state index in [9.17, 15) is 4.79 Å². The Hall–Kier alpha value is -1.60. The van der Waals surface area contributed by atoms with Crippen molar-refractivity contribution in [3.63, 3.8) is 0 Å². The topological polar surface area (TPSA) is 67.9 Å². The molecule has 92 valence electrons. The lowest BCUT2D eigenvalue weighted by atomic mass is 10.2. The predicted molar refractivity (Wildman–Crippen MR) is 75.5 cm³/mol. The van der Waals surface area contributed by atoms with Crippen LogP contribution in [0.25, 0.3) is 0 Å². The molecule has 0 saturated carbocycles. The number of nitriles is 2. The van der Waals surface area contributed by atoms with Crippen LogP contribution < -0.4 is 0 Å². The molecule has 0 aromatic heterocycles. The first-order chi connectivity index (χ1) is 8.69. The zero-order chi connectivity index (χ0) is 13.4. The van der Waals surface area contributed by atoms with E-state index in [-0.39, 0.29) is 18.7 Å². The SMILES string of the molecule is N#CCCN(CCC#N)C(=O)c1cccc(I)c1. The first-order valence-corrected chi connectivity index (χ1v) is 6.55. The zero-order valence-electron chi connectivity index (χ0n) is 9.77. The molecule has 0 atom stereocenters. The molecule has 0 aliphatic rings. The summed E-state index contributed by atoms with van der Waals surface area (Å²) in [5.74, 6) is -0.126. The van der Waals surface area contributed by atoms with Crippen LogP contribution in [-0.4, -0.2) is 23.9 Å². The molecule has 0 N–H and O–H groups in total. The number of halogens is 1. The molecule has 0 saturated heterocycles. The highest BCUT2D eigenvalue weighted by Crippen LogP contribution is 2.11. The van der Waals surface area contributed by atoms with Gasteiger partial charge in [0.25, 0.3) is 5.91 Å². The van der Waals surface area contributed by atoms with E-state index in [1.807, 2.05) is 24.3 Å². The van der Waals surface area contributed by atoms with E-state index >= 15 is 0 Å². The van der Waals surface area contributed by atoms with E-state index in [1.165, 1.54) is 0 Å². The lowest BCUT2D eigenvalue weighted by molar-refractivity contribution is 0.0762. The lowest BCUT2D eigenvalue weighted by Crippen LogP contribution is -2.32. The van der Waals surface area contributed by atoms with Crippen LogP contribution in [0.5, 0.6) is 0 Å². The molecule has 1 amide bonds. The number of carbonyl (C=O) groups is 1. The fourth-order valence-electron chi connectivity index (χ4n) is 1.49. The van der Waals surface area contributed by atoms with Gasteiger partial charge in [-0.3, -0.25) is 4.79 Å². The molecule has 0 fully saturated rings. The van der Waals surface area contributed by atoms with Gasteiger partial charge >= 0.3 is 0 Å². The number of nitrogens with zero attached hydrogens (tertiary/aromatic N) is 3. The van der Waals surface area contributed by atoms with Crippen molar-refractivity contribution in [2.24, 2.45) is 0 Å². The number of benzene rings is 1. The summed E-state index contributed by atoms with van der Waals surface area (Å²) in [7, 11) is 0. The van der Waals surface area contributed by atoms with Crippen LogP contribution in [0, 0.1) is 26.2 Å². The summed E-state index contributed by atoms with van der Waals surface area (Å²) < 4.78 is 0.985. The third-order valence-electron chi connectivity index (χ3n) is 2.35. The van der Waals surface area contributed by atoms with E-state index in [1.54, 1.807) is 17.0 Å². The highest BCUT2D eigenvalue weighted by Gasteiger charge is 2.15. The summed E-state index contributed by atoms with van der Waals surface area (Å²) in [6, 6.07) is 11.3. The molecule has 0 aliphatic carbocycles. The fraction of sp³-hybridized carbons (Fsp3) is 0.308. The molecule has 0 spiro atoms. The summed E-state index contributed by atoms with van der Waals surface area (Å²) in [6.45, 7) is 0.727. The lowest BCUT2D eigenvalue weighted by Gasteiger charge is -2.20. The molecular weight excluding hydrogens is 341 g/mol. The molecule has 5 heteroatoms. The van der Waals surface area contributed by atoms with Gasteiger partial charge in [-0.05, 0) is 40.8 Å². The molecular formula is C13H12IN3O. The second-order valence-corrected chi connectivity index (χ2v) is 4.86. The van der Waals surface area contributed by atoms with Crippen LogP contribution in [0.2, 0.25) is 0 Å². The van der Waals surface area contributed by atoms with Gasteiger partial charge in [0.2, 0.25) is 0 Å². The van der Waals surface area contributed by atoms with Crippen LogP contribution >= 0.6 is 22.6 Å². The first-order valence-electron chi connectivity index (χ1n) is 5.47. The largest absolute Gasteiger partial charge is 0.337 e. The maximum absolute atomic E-state index is 12.2. The van der Waals surface area contributed by atoms with Gasteiger partial charge in [-0.25, -0.2) is 0 Å². The van der Waals surface area contributed by atoms with Crippen molar-refractivity contribution >= 4 is 28.5 Å². The molecule has 1 aromatic rings. The summed E-state index contributed by atoms with van der Waals surface area (Å²) >= 11 is 2.14. The van der Waals surface area contributed by atoms with E-state index in [0.717, 1.165) is 3.57 Å². The van der Waals surface area contributed by atoms with Crippen LogP contribution in [0.3, 0.4) is 0 Å². The Bertz CT molecular complexity index is 484. The molecule has 1 rings (SSSR count). The minimum Gasteiger partial charge on any atom is -0.337 e. The van der Waals surface area contributed by atoms with Gasteiger partial charge in [-0.15, -0.1) is 0 Å². The molecule has 0 heterocycles. The first kappa shape index (κ1) is 14.5. The molecule has 1 aromatic carbocycles. The molecule has 0 unspecified atom stereocenters. The highest BCUT2D eigenvalue weighted by molar-refractivity contribution is 14.1. The maximum atomic E-state index is 12.2. The zero-order valence-corrected chi connectivity index (χ0v) is 11.9. The minimum atomic E-state index is -0.126. The van der Waals surface area contributed by atoms with Gasteiger partial charge in [0.15, 0.2) is 0 Å². The number of carbonyl (C=O) groups excluding carboxylic acids is 1. The van der Waals surface area contributed by atoms with E-state index in [2.05, 4.69) is 22.6 Å². The Morgan fingerprint density at radius 3 is 2.33 bits per heavy atom. The predicted octanol–water partition coefficient (Wildman–Crippen LogP) is 2.56. The Labute approximate surface area is 120 Å². The molecule has 18 heavy (non-hydrogen) atoms. The standard InChI is InChI=1S/C13H12IN3O/c14-12-5-1-4-11(10-12)13(18)17(8-2-6-15)9-3-7-16/h1,4-5,10H,2-3,8-9H2. The Balaban J connectivity index is 2.81. The Morgan fingerprint density at radius 2 is 1.83 bits per heavy atom. The highest BCUT2D eigenvalue weighted by atomic mass is 127. The monoisotopic (exact) mass is 353 g/mol. The van der Waals surface area contributed by atoms with Gasteiger partial charge in [-0.1, -0.05) is 6.07 Å². The second-order valence-electron chi connectivity index (χ2n) is 3.62. The molecule has 4 nitrogen and oxygen atoms in total. The van der Waals surface area contributed by atoms with Crippen molar-refractivity contribution in [2.45, 2.75) is 12.8 Å². The van der Waals surface area contributed by atoms with Crippen molar-refractivity contribution in [3.05, 3.63) is 33.4 Å². The molecule has 0 radical (unpaired) electrons. The van der Waals surface area contributed by atoms with E-state index in [4.69, 9.17) is 10.5 Å². The number of hydrogen-bond acceptors (Lipinski definition) is 3. The normalized spacial score (nSPS) is 9.28. The number of amides is 1. The fourth-order valence-corrected chi connectivity index (χ4v) is 2.03. The van der Waals surface area contributed by atoms with Crippen LogP contribution in [0.1, 0.15) is 23.2 Å². The van der Waals surface area contributed by atoms with E-state index in [0.29, 0.717) is 18.7 Å². The van der Waals surface area contributed by atoms with Crippen molar-refractivity contribution in [3.8, 4) is 12.1 Å². The van der Waals surface area contributed by atoms with Crippen LogP contribution in [-0.2, 0) is 0 Å². The van der Waals surface area contributed by atoms with Crippen molar-refractivity contribution in [1.82, 2.24) is 4.90 Å². The summed E-state index contributed by atoms with van der Waals surface area (Å²) in [5, 5.41) is 17.2. The minimum absolute atomic E-state index is 0.126. The van der Waals surface area contributed by atoms with Crippen LogP contribution in [0.4, 0.5) is 0 Å². The summed E-state index contributed by atoms with van der Waals surface area (Å²) in [5.41, 5.74) is 0.595. The average Bonchev–Trinajstić information content (AvgIpc) is 2.38. The third-order valence-corrected chi connectivity index (χ3v) is 3.02. The number of hydrogen-bond donors (Lipinski definition) is 0. The Kier molecular flexibility index (Phi) is 6.16. The van der Waals surface area contributed by atoms with Crippen molar-refractivity contribution < 1.29 is 4.79 Å². The van der Waals surface area contributed by atoms with Crippen LogP contribution in [0.15, 0.2) is 24.3 Å². The van der Waals surface area contributed by atoms with Crippen molar-refractivity contribution in [1.29, 1.82) is 10.5 Å². The average molecular weight is 353 g/mol. The third kappa shape index (κ3) is 4.34. The van der Waals surface area contributed by atoms with Gasteiger partial charge in [0.05, 0.1) is 25.0 Å². The smallest absolute Gasteiger partial charge is 0.253 e. The molecule has 0 aliphatic heterocycles. The van der Waals surface area contributed by atoms with E-state index < -0.39 is 0 Å². The summed E-state index contributed by atoms with van der Waals surface area (Å²) in [6.07, 6.45) is 0.558. The second kappa shape index (κ2) is 7.67. The van der Waals surface area contributed by atoms with Gasteiger partial charge in [-0.2, -0.15) is 10.5 Å².